The molecule has 0 bridgehead atoms. The second kappa shape index (κ2) is 15.7. The van der Waals surface area contributed by atoms with Crippen LogP contribution in [0.2, 0.25) is 0 Å². The van der Waals surface area contributed by atoms with E-state index in [0.29, 0.717) is 0 Å². The highest BCUT2D eigenvalue weighted by Crippen LogP contribution is 2.42. The first-order valence-corrected chi connectivity index (χ1v) is 15.3. The maximum Gasteiger partial charge on any atom is 0.239 e. The van der Waals surface area contributed by atoms with Crippen molar-refractivity contribution in [2.24, 2.45) is 0 Å². The summed E-state index contributed by atoms with van der Waals surface area (Å²) in [5, 5.41) is 102. The zero-order valence-electron chi connectivity index (χ0n) is 27.1. The van der Waals surface area contributed by atoms with Gasteiger partial charge in [0.25, 0.3) is 0 Å². The number of rotatable bonds is 13. The van der Waals surface area contributed by atoms with Gasteiger partial charge in [-0.2, -0.15) is 0 Å². The van der Waals surface area contributed by atoms with E-state index < -0.39 is 90.6 Å². The second-order valence-electron chi connectivity index (χ2n) is 11.9. The van der Waals surface area contributed by atoms with Gasteiger partial charge in [0.05, 0.1) is 19.8 Å². The number of aromatic hydroxyl groups is 2. The van der Waals surface area contributed by atoms with Crippen molar-refractivity contribution in [1.29, 1.82) is 0 Å². The van der Waals surface area contributed by atoms with Crippen LogP contribution in [-0.2, 0) is 11.2 Å². The minimum atomic E-state index is -1.94. The molecule has 2 heterocycles. The molecule has 1 saturated heterocycles. The number of phenols is 2. The number of allylic oxidation sites excluding steroid dienone is 2. The van der Waals surface area contributed by atoms with Crippen LogP contribution < -0.4 is 19.6 Å². The molecule has 0 spiro atoms. The first-order valence-electron chi connectivity index (χ1n) is 15.3. The molecule has 4 rings (SSSR count). The summed E-state index contributed by atoms with van der Waals surface area (Å²) in [6.07, 6.45) is -13.3. The average Bonchev–Trinajstić information content (AvgIpc) is 3.07. The normalized spacial score (nSPS) is 23.4. The molecule has 0 aliphatic carbocycles. The summed E-state index contributed by atoms with van der Waals surface area (Å²) in [6.45, 7) is 3.44. The largest absolute Gasteiger partial charge is 0.507 e. The van der Waals surface area contributed by atoms with E-state index in [4.69, 9.17) is 28.5 Å². The molecular formula is C33H42O16. The van der Waals surface area contributed by atoms with Crippen LogP contribution in [0, 0.1) is 0 Å². The molecule has 0 amide bonds. The number of hydrogen-bond acceptors (Lipinski definition) is 16. The Kier molecular flexibility index (Phi) is 12.1. The zero-order valence-corrected chi connectivity index (χ0v) is 27.1. The molecule has 0 radical (unpaired) electrons. The molecule has 9 atom stereocenters. The molecule has 10 N–H and O–H groups in total. The van der Waals surface area contributed by atoms with E-state index in [2.05, 4.69) is 0 Å². The summed E-state index contributed by atoms with van der Waals surface area (Å²) < 4.78 is 28.5. The maximum absolute atomic E-state index is 14.2. The van der Waals surface area contributed by atoms with Crippen molar-refractivity contribution in [3.63, 3.8) is 0 Å². The van der Waals surface area contributed by atoms with E-state index >= 15 is 0 Å². The lowest BCUT2D eigenvalue weighted by Gasteiger charge is -2.38. The fourth-order valence-electron chi connectivity index (χ4n) is 5.18. The zero-order chi connectivity index (χ0) is 36.3. The van der Waals surface area contributed by atoms with Gasteiger partial charge in [-0.3, -0.25) is 4.79 Å². The Bertz CT molecular complexity index is 1700. The molecule has 1 aliphatic heterocycles. The predicted octanol–water partition coefficient (Wildman–Crippen LogP) is -0.591. The van der Waals surface area contributed by atoms with Crippen LogP contribution in [0.4, 0.5) is 0 Å². The summed E-state index contributed by atoms with van der Waals surface area (Å²) in [6, 6.07) is 5.06. The van der Waals surface area contributed by atoms with Gasteiger partial charge in [0.2, 0.25) is 17.5 Å². The first kappa shape index (κ1) is 37.8. The van der Waals surface area contributed by atoms with Gasteiger partial charge < -0.3 is 74.4 Å². The molecule has 0 saturated carbocycles. The van der Waals surface area contributed by atoms with Gasteiger partial charge in [-0.1, -0.05) is 11.6 Å². The minimum Gasteiger partial charge on any atom is -0.507 e. The van der Waals surface area contributed by atoms with Gasteiger partial charge in [-0.05, 0) is 45.4 Å². The monoisotopic (exact) mass is 694 g/mol. The third kappa shape index (κ3) is 7.93. The highest BCUT2D eigenvalue weighted by atomic mass is 16.7. The van der Waals surface area contributed by atoms with Crippen molar-refractivity contribution in [3.05, 3.63) is 51.7 Å². The van der Waals surface area contributed by atoms with Crippen LogP contribution in [-0.4, -0.2) is 127 Å². The lowest BCUT2D eigenvalue weighted by Crippen LogP contribution is -2.58. The third-order valence-electron chi connectivity index (χ3n) is 8.10. The maximum atomic E-state index is 14.2. The Hall–Kier alpha value is -3.97. The Balaban J connectivity index is 1.92. The van der Waals surface area contributed by atoms with Crippen LogP contribution in [0.25, 0.3) is 22.3 Å². The fraction of sp³-hybridized carbons (Fsp3) is 0.485. The molecule has 1 aliphatic rings. The van der Waals surface area contributed by atoms with Gasteiger partial charge >= 0.3 is 0 Å². The molecule has 16 heteroatoms. The Morgan fingerprint density at radius 1 is 0.939 bits per heavy atom. The SMILES string of the molecule is COc1ccc(-c2oc3c(CC=C(C)C)c(OCC(O)C(O)C(O)C(O)CO)cc(O)c3c(=O)c2OC2OC(C)C(O)C(O)C2O)cc1O. The van der Waals surface area contributed by atoms with E-state index in [0.717, 1.165) is 11.6 Å². The summed E-state index contributed by atoms with van der Waals surface area (Å²) in [5.74, 6) is -1.95. The number of benzene rings is 2. The van der Waals surface area contributed by atoms with Crippen molar-refractivity contribution in [1.82, 2.24) is 0 Å². The Labute approximate surface area is 279 Å². The van der Waals surface area contributed by atoms with Crippen molar-refractivity contribution >= 4 is 11.0 Å². The molecular weight excluding hydrogens is 652 g/mol. The standard InChI is InChI=1S/C33H42O16/c1-13(2)5-7-16-22(46-12-20(38)26(41)25(40)19(37)11-34)10-18(36)23-27(42)32(49-33-29(44)28(43)24(39)14(3)47-33)30(48-31(16)23)15-6-8-21(45-4)17(35)9-15/h5-6,8-10,14,19-20,24-26,28-29,33-41,43-44H,7,11-12H2,1-4H3. The van der Waals surface area contributed by atoms with Gasteiger partial charge in [0.15, 0.2) is 17.3 Å². The van der Waals surface area contributed by atoms with Gasteiger partial charge in [0, 0.05) is 17.2 Å². The van der Waals surface area contributed by atoms with Crippen molar-refractivity contribution in [3.8, 4) is 40.1 Å². The van der Waals surface area contributed by atoms with Gasteiger partial charge in [-0.25, -0.2) is 0 Å². The third-order valence-corrected chi connectivity index (χ3v) is 8.10. The molecule has 49 heavy (non-hydrogen) atoms. The molecule has 1 fully saturated rings. The number of fused-ring (bicyclic) bond motifs is 1. The van der Waals surface area contributed by atoms with Crippen molar-refractivity contribution in [2.45, 2.75) is 82.3 Å². The highest BCUT2D eigenvalue weighted by Gasteiger charge is 2.44. The lowest BCUT2D eigenvalue weighted by atomic mass is 10.00. The molecule has 3 aromatic rings. The number of hydrogen-bond donors (Lipinski definition) is 10. The summed E-state index contributed by atoms with van der Waals surface area (Å²) >= 11 is 0. The average molecular weight is 695 g/mol. The van der Waals surface area contributed by atoms with Crippen LogP contribution >= 0.6 is 0 Å². The number of phenolic OH excluding ortho intramolecular Hbond substituents is 2. The van der Waals surface area contributed by atoms with Crippen LogP contribution in [0.1, 0.15) is 26.3 Å². The fourth-order valence-corrected chi connectivity index (χ4v) is 5.18. The van der Waals surface area contributed by atoms with Gasteiger partial charge in [0.1, 0.15) is 71.8 Å². The van der Waals surface area contributed by atoms with Crippen LogP contribution in [0.15, 0.2) is 45.1 Å². The molecule has 270 valence electrons. The van der Waals surface area contributed by atoms with E-state index in [9.17, 15) is 50.8 Å². The number of ether oxygens (including phenoxy) is 4. The van der Waals surface area contributed by atoms with Crippen molar-refractivity contribution < 1.29 is 74.4 Å². The summed E-state index contributed by atoms with van der Waals surface area (Å²) in [5.41, 5.74) is -0.0928. The van der Waals surface area contributed by atoms with E-state index in [1.165, 1.54) is 32.2 Å². The summed E-state index contributed by atoms with van der Waals surface area (Å²) in [7, 11) is 1.33. The number of aliphatic hydroxyl groups is 8. The van der Waals surface area contributed by atoms with E-state index in [-0.39, 0.29) is 46.1 Å². The van der Waals surface area contributed by atoms with Crippen molar-refractivity contribution in [2.75, 3.05) is 20.3 Å². The quantitative estimate of drug-likeness (QED) is 0.100. The first-order chi connectivity index (χ1) is 23.1. The number of methoxy groups -OCH3 is 1. The highest BCUT2D eigenvalue weighted by molar-refractivity contribution is 5.91. The second-order valence-corrected chi connectivity index (χ2v) is 11.9. The van der Waals surface area contributed by atoms with Crippen LogP contribution in [0.5, 0.6) is 28.7 Å². The Morgan fingerprint density at radius 2 is 1.61 bits per heavy atom. The Morgan fingerprint density at radius 3 is 2.22 bits per heavy atom. The van der Waals surface area contributed by atoms with Gasteiger partial charge in [-0.15, -0.1) is 0 Å². The lowest BCUT2D eigenvalue weighted by molar-refractivity contribution is -0.268. The van der Waals surface area contributed by atoms with E-state index in [1.807, 2.05) is 0 Å². The molecule has 1 aromatic heterocycles. The topological polar surface area (TPSA) is 269 Å². The molecule has 2 aromatic carbocycles. The molecule has 16 nitrogen and oxygen atoms in total. The molecule has 9 unspecified atom stereocenters. The van der Waals surface area contributed by atoms with E-state index in [1.54, 1.807) is 19.9 Å². The smallest absolute Gasteiger partial charge is 0.239 e. The number of aliphatic hydroxyl groups excluding tert-OH is 8. The predicted molar refractivity (Wildman–Crippen MR) is 171 cm³/mol. The summed E-state index contributed by atoms with van der Waals surface area (Å²) in [4.78, 5) is 14.2. The minimum absolute atomic E-state index is 0.0431. The van der Waals surface area contributed by atoms with Crippen LogP contribution in [0.3, 0.4) is 0 Å².